The monoisotopic (exact) mass is 399 g/mol. The largest absolute Gasteiger partial charge is 0.357 e. The first kappa shape index (κ1) is 21.3. The molecule has 0 spiro atoms. The molecule has 158 valence electrons. The van der Waals surface area contributed by atoms with Crippen molar-refractivity contribution in [1.82, 2.24) is 20.4 Å². The number of aliphatic imine (C=N–C) groups is 1. The first-order valence-corrected chi connectivity index (χ1v) is 10.6. The van der Waals surface area contributed by atoms with Gasteiger partial charge in [0, 0.05) is 30.7 Å². The number of aromatic nitrogens is 2. The van der Waals surface area contributed by atoms with Crippen molar-refractivity contribution in [2.75, 3.05) is 13.1 Å². The molecule has 1 heterocycles. The Balaban J connectivity index is 1.69. The smallest absolute Gasteiger partial charge is 0.191 e. The second-order valence-corrected chi connectivity index (χ2v) is 8.36. The van der Waals surface area contributed by atoms with E-state index in [9.17, 15) is 4.39 Å². The Kier molecular flexibility index (Phi) is 6.60. The molecule has 0 amide bonds. The van der Waals surface area contributed by atoms with Crippen molar-refractivity contribution in [3.05, 3.63) is 52.6 Å². The standard InChI is InChI=1S/C23H34FN5/c1-6-25-22(27-16(2)14-21-17(3)28-29(5)18(21)4)26-15-23(12-7-13-23)19-8-10-20(24)11-9-19/h8-11,16H,6-7,12-15H2,1-5H3,(H2,25,26,27). The summed E-state index contributed by atoms with van der Waals surface area (Å²) in [5.41, 5.74) is 4.83. The molecule has 1 aliphatic rings. The van der Waals surface area contributed by atoms with Crippen molar-refractivity contribution >= 4 is 5.96 Å². The molecule has 1 aromatic heterocycles. The summed E-state index contributed by atoms with van der Waals surface area (Å²) in [4.78, 5) is 4.92. The molecule has 3 rings (SSSR count). The maximum absolute atomic E-state index is 13.3. The van der Waals surface area contributed by atoms with E-state index in [1.54, 1.807) is 12.1 Å². The molecule has 1 unspecified atom stereocenters. The summed E-state index contributed by atoms with van der Waals surface area (Å²) in [7, 11) is 1.99. The fraction of sp³-hybridized carbons (Fsp3) is 0.565. The van der Waals surface area contributed by atoms with Crippen LogP contribution in [0.15, 0.2) is 29.3 Å². The topological polar surface area (TPSA) is 54.2 Å². The average Bonchev–Trinajstić information content (AvgIpc) is 2.88. The predicted octanol–water partition coefficient (Wildman–Crippen LogP) is 3.78. The Morgan fingerprint density at radius 3 is 2.48 bits per heavy atom. The van der Waals surface area contributed by atoms with E-state index in [2.05, 4.69) is 43.4 Å². The lowest BCUT2D eigenvalue weighted by atomic mass is 9.64. The molecule has 29 heavy (non-hydrogen) atoms. The summed E-state index contributed by atoms with van der Waals surface area (Å²) < 4.78 is 15.3. The number of nitrogens with zero attached hydrogens (tertiary/aromatic N) is 3. The van der Waals surface area contributed by atoms with Gasteiger partial charge in [0.05, 0.1) is 12.2 Å². The van der Waals surface area contributed by atoms with Gasteiger partial charge in [-0.15, -0.1) is 0 Å². The minimum Gasteiger partial charge on any atom is -0.357 e. The number of nitrogens with one attached hydrogen (secondary N) is 2. The molecule has 2 N–H and O–H groups in total. The van der Waals surface area contributed by atoms with E-state index in [0.29, 0.717) is 6.54 Å². The van der Waals surface area contributed by atoms with Crippen molar-refractivity contribution in [2.24, 2.45) is 12.0 Å². The van der Waals surface area contributed by atoms with E-state index in [-0.39, 0.29) is 17.3 Å². The van der Waals surface area contributed by atoms with Gasteiger partial charge in [0.2, 0.25) is 0 Å². The van der Waals surface area contributed by atoms with Crippen LogP contribution < -0.4 is 10.6 Å². The molecule has 2 aromatic rings. The normalized spacial score (nSPS) is 17.0. The number of benzene rings is 1. The Morgan fingerprint density at radius 2 is 1.97 bits per heavy atom. The summed E-state index contributed by atoms with van der Waals surface area (Å²) in [6, 6.07) is 7.19. The highest BCUT2D eigenvalue weighted by molar-refractivity contribution is 5.80. The van der Waals surface area contributed by atoms with Gasteiger partial charge in [0.1, 0.15) is 5.82 Å². The fourth-order valence-electron chi connectivity index (χ4n) is 4.20. The zero-order chi connectivity index (χ0) is 21.0. The van der Waals surface area contributed by atoms with Gasteiger partial charge in [0.25, 0.3) is 0 Å². The van der Waals surface area contributed by atoms with Crippen LogP contribution in [0.3, 0.4) is 0 Å². The molecule has 1 saturated carbocycles. The molecular formula is C23H34FN5. The van der Waals surface area contributed by atoms with Crippen LogP contribution in [-0.2, 0) is 18.9 Å². The number of aryl methyl sites for hydroxylation is 2. The minimum absolute atomic E-state index is 0.0375. The van der Waals surface area contributed by atoms with Crippen molar-refractivity contribution in [2.45, 2.75) is 64.8 Å². The van der Waals surface area contributed by atoms with E-state index in [1.807, 2.05) is 23.9 Å². The van der Waals surface area contributed by atoms with Gasteiger partial charge in [-0.2, -0.15) is 5.10 Å². The van der Waals surface area contributed by atoms with Crippen molar-refractivity contribution in [1.29, 1.82) is 0 Å². The summed E-state index contributed by atoms with van der Waals surface area (Å²) in [5.74, 6) is 0.657. The molecule has 1 aliphatic carbocycles. The summed E-state index contributed by atoms with van der Waals surface area (Å²) in [6.07, 6.45) is 4.31. The number of rotatable bonds is 7. The van der Waals surface area contributed by atoms with Gasteiger partial charge >= 0.3 is 0 Å². The van der Waals surface area contributed by atoms with Crippen LogP contribution in [0.5, 0.6) is 0 Å². The Morgan fingerprint density at radius 1 is 1.28 bits per heavy atom. The molecule has 0 saturated heterocycles. The highest BCUT2D eigenvalue weighted by Crippen LogP contribution is 2.44. The summed E-state index contributed by atoms with van der Waals surface area (Å²) >= 11 is 0. The highest BCUT2D eigenvalue weighted by atomic mass is 19.1. The van der Waals surface area contributed by atoms with Crippen LogP contribution in [0.25, 0.3) is 0 Å². The molecule has 0 aliphatic heterocycles. The third kappa shape index (κ3) is 4.80. The molecular weight excluding hydrogens is 365 g/mol. The van der Waals surface area contributed by atoms with Gasteiger partial charge in [0.15, 0.2) is 5.96 Å². The second kappa shape index (κ2) is 8.97. The van der Waals surface area contributed by atoms with E-state index >= 15 is 0 Å². The van der Waals surface area contributed by atoms with E-state index in [4.69, 9.17) is 4.99 Å². The quantitative estimate of drug-likeness (QED) is 0.550. The molecule has 1 aromatic carbocycles. The molecule has 6 heteroatoms. The highest BCUT2D eigenvalue weighted by Gasteiger charge is 2.38. The Hall–Kier alpha value is -2.37. The third-order valence-corrected chi connectivity index (χ3v) is 6.20. The zero-order valence-electron chi connectivity index (χ0n) is 18.3. The molecule has 1 atom stereocenters. The van der Waals surface area contributed by atoms with Crippen LogP contribution in [0.2, 0.25) is 0 Å². The predicted molar refractivity (Wildman–Crippen MR) is 117 cm³/mol. The van der Waals surface area contributed by atoms with Crippen LogP contribution in [0, 0.1) is 19.7 Å². The number of hydrogen-bond acceptors (Lipinski definition) is 2. The van der Waals surface area contributed by atoms with Crippen LogP contribution in [0.4, 0.5) is 4.39 Å². The third-order valence-electron chi connectivity index (χ3n) is 6.20. The van der Waals surface area contributed by atoms with E-state index in [1.165, 1.54) is 23.2 Å². The van der Waals surface area contributed by atoms with Gasteiger partial charge < -0.3 is 10.6 Å². The maximum Gasteiger partial charge on any atom is 0.191 e. The first-order valence-electron chi connectivity index (χ1n) is 10.6. The maximum atomic E-state index is 13.3. The summed E-state index contributed by atoms with van der Waals surface area (Å²) in [5, 5.41) is 11.4. The van der Waals surface area contributed by atoms with Crippen molar-refractivity contribution < 1.29 is 4.39 Å². The zero-order valence-corrected chi connectivity index (χ0v) is 18.3. The molecule has 1 fully saturated rings. The van der Waals surface area contributed by atoms with E-state index in [0.717, 1.165) is 37.5 Å². The Bertz CT molecular complexity index is 849. The van der Waals surface area contributed by atoms with Crippen molar-refractivity contribution in [3.8, 4) is 0 Å². The first-order chi connectivity index (χ1) is 13.8. The van der Waals surface area contributed by atoms with Gasteiger partial charge in [-0.25, -0.2) is 4.39 Å². The molecule has 5 nitrogen and oxygen atoms in total. The number of guanidine groups is 1. The van der Waals surface area contributed by atoms with Crippen LogP contribution in [-0.4, -0.2) is 34.9 Å². The Labute approximate surface area is 173 Å². The van der Waals surface area contributed by atoms with Crippen LogP contribution >= 0.6 is 0 Å². The fourth-order valence-corrected chi connectivity index (χ4v) is 4.20. The molecule has 0 bridgehead atoms. The van der Waals surface area contributed by atoms with E-state index < -0.39 is 0 Å². The van der Waals surface area contributed by atoms with Crippen molar-refractivity contribution in [3.63, 3.8) is 0 Å². The minimum atomic E-state index is -0.184. The SMILES string of the molecule is CCNC(=NCC1(c2ccc(F)cc2)CCC1)NC(C)Cc1c(C)nn(C)c1C. The molecule has 0 radical (unpaired) electrons. The van der Waals surface area contributed by atoms with Gasteiger partial charge in [-0.05, 0) is 70.2 Å². The van der Waals surface area contributed by atoms with Crippen LogP contribution in [0.1, 0.15) is 55.6 Å². The number of hydrogen-bond donors (Lipinski definition) is 2. The lowest BCUT2D eigenvalue weighted by molar-refractivity contribution is 0.253. The lowest BCUT2D eigenvalue weighted by Crippen LogP contribution is -2.45. The van der Waals surface area contributed by atoms with Gasteiger partial charge in [-0.3, -0.25) is 9.67 Å². The van der Waals surface area contributed by atoms with Gasteiger partial charge in [-0.1, -0.05) is 18.6 Å². The summed E-state index contributed by atoms with van der Waals surface area (Å²) in [6.45, 7) is 9.97. The number of halogens is 1. The average molecular weight is 400 g/mol. The second-order valence-electron chi connectivity index (χ2n) is 8.36. The lowest BCUT2D eigenvalue weighted by Gasteiger charge is -2.41.